The maximum absolute atomic E-state index is 13.2. The third-order valence-corrected chi connectivity index (χ3v) is 3.39. The Kier molecular flexibility index (Phi) is 3.54. The highest BCUT2D eigenvalue weighted by Gasteiger charge is 2.43. The fraction of sp³-hybridized carbons (Fsp3) is 0.417. The van der Waals surface area contributed by atoms with Crippen molar-refractivity contribution in [1.82, 2.24) is 0 Å². The first-order valence-corrected chi connectivity index (χ1v) is 6.16. The van der Waals surface area contributed by atoms with Gasteiger partial charge in [-0.3, -0.25) is 0 Å². The molecule has 0 unspecified atom stereocenters. The van der Waals surface area contributed by atoms with Gasteiger partial charge in [-0.25, -0.2) is 4.39 Å². The molecule has 1 aromatic rings. The molecule has 0 heterocycles. The molecule has 2 nitrogen and oxygen atoms in total. The minimum absolute atomic E-state index is 0.0714. The van der Waals surface area contributed by atoms with Crippen LogP contribution < -0.4 is 10.5 Å². The van der Waals surface area contributed by atoms with Gasteiger partial charge in [0.05, 0.1) is 16.6 Å². The largest absolute Gasteiger partial charge is 0.493 e. The van der Waals surface area contributed by atoms with Gasteiger partial charge in [0, 0.05) is 17.9 Å². The van der Waals surface area contributed by atoms with Crippen LogP contribution in [0.1, 0.15) is 19.3 Å². The Balaban J connectivity index is 1.94. The second-order valence-electron chi connectivity index (χ2n) is 4.51. The lowest BCUT2D eigenvalue weighted by molar-refractivity contribution is 0.238. The average Bonchev–Trinajstić information content (AvgIpc) is 2.99. The van der Waals surface area contributed by atoms with E-state index in [-0.39, 0.29) is 10.4 Å². The van der Waals surface area contributed by atoms with Crippen molar-refractivity contribution in [1.29, 1.82) is 0 Å². The number of hydrogen-bond donors (Lipinski definition) is 1. The Hall–Kier alpha value is -0.870. The van der Waals surface area contributed by atoms with Gasteiger partial charge >= 0.3 is 0 Å². The first kappa shape index (κ1) is 12.6. The number of thiocarbonyl (C=S) groups is 1. The van der Waals surface area contributed by atoms with Crippen molar-refractivity contribution in [3.05, 3.63) is 29.0 Å². The van der Waals surface area contributed by atoms with E-state index in [0.29, 0.717) is 23.8 Å². The van der Waals surface area contributed by atoms with E-state index in [4.69, 9.17) is 34.3 Å². The summed E-state index contributed by atoms with van der Waals surface area (Å²) in [6, 6.07) is 4.43. The highest BCUT2D eigenvalue weighted by molar-refractivity contribution is 7.80. The van der Waals surface area contributed by atoms with Gasteiger partial charge in [-0.1, -0.05) is 23.8 Å². The highest BCUT2D eigenvalue weighted by Crippen LogP contribution is 2.49. The number of halogens is 2. The van der Waals surface area contributed by atoms with Gasteiger partial charge in [0.1, 0.15) is 11.6 Å². The zero-order chi connectivity index (χ0) is 12.5. The van der Waals surface area contributed by atoms with Crippen LogP contribution in [0.4, 0.5) is 4.39 Å². The van der Waals surface area contributed by atoms with E-state index in [9.17, 15) is 4.39 Å². The molecule has 92 valence electrons. The standard InChI is InChI=1S/C12H13ClFNOS/c13-9-2-1-8(5-10(9)14)16-7-12(3-4-12)6-11(15)17/h1-2,5H,3-4,6-7H2,(H2,15,17). The first-order valence-electron chi connectivity index (χ1n) is 5.37. The van der Waals surface area contributed by atoms with Gasteiger partial charge in [-0.2, -0.15) is 0 Å². The number of nitrogens with two attached hydrogens (primary N) is 1. The van der Waals surface area contributed by atoms with Crippen molar-refractivity contribution in [2.24, 2.45) is 11.1 Å². The molecule has 1 fully saturated rings. The van der Waals surface area contributed by atoms with E-state index in [1.807, 2.05) is 0 Å². The maximum atomic E-state index is 13.2. The lowest BCUT2D eigenvalue weighted by Crippen LogP contribution is -2.21. The molecule has 17 heavy (non-hydrogen) atoms. The molecule has 1 saturated carbocycles. The summed E-state index contributed by atoms with van der Waals surface area (Å²) in [6.45, 7) is 0.519. The fourth-order valence-corrected chi connectivity index (χ4v) is 2.15. The molecule has 0 aliphatic heterocycles. The highest BCUT2D eigenvalue weighted by atomic mass is 35.5. The molecule has 2 rings (SSSR count). The molecular weight excluding hydrogens is 261 g/mol. The van der Waals surface area contributed by atoms with Crippen molar-refractivity contribution >= 4 is 28.8 Å². The summed E-state index contributed by atoms with van der Waals surface area (Å²) < 4.78 is 18.7. The zero-order valence-corrected chi connectivity index (χ0v) is 10.8. The van der Waals surface area contributed by atoms with Gasteiger partial charge in [0.2, 0.25) is 0 Å². The van der Waals surface area contributed by atoms with Crippen LogP contribution in [0.2, 0.25) is 5.02 Å². The fourth-order valence-electron chi connectivity index (χ4n) is 1.72. The topological polar surface area (TPSA) is 35.2 Å². The van der Waals surface area contributed by atoms with Crippen LogP contribution in [0.3, 0.4) is 0 Å². The van der Waals surface area contributed by atoms with Crippen molar-refractivity contribution in [3.8, 4) is 5.75 Å². The maximum Gasteiger partial charge on any atom is 0.145 e. The summed E-state index contributed by atoms with van der Waals surface area (Å²) in [7, 11) is 0. The number of hydrogen-bond acceptors (Lipinski definition) is 2. The number of rotatable bonds is 5. The molecule has 0 amide bonds. The Labute approximate surface area is 110 Å². The third-order valence-electron chi connectivity index (χ3n) is 2.94. The summed E-state index contributed by atoms with van der Waals surface area (Å²) >= 11 is 10.5. The third kappa shape index (κ3) is 3.30. The summed E-state index contributed by atoms with van der Waals surface area (Å²) in [6.07, 6.45) is 2.80. The van der Waals surface area contributed by atoms with Gasteiger partial charge in [0.25, 0.3) is 0 Å². The molecule has 0 radical (unpaired) electrons. The zero-order valence-electron chi connectivity index (χ0n) is 9.21. The molecule has 0 bridgehead atoms. The van der Waals surface area contributed by atoms with Crippen LogP contribution in [0, 0.1) is 11.2 Å². The monoisotopic (exact) mass is 273 g/mol. The molecule has 1 aliphatic carbocycles. The summed E-state index contributed by atoms with van der Waals surface area (Å²) in [5, 5.41) is 0.0987. The molecule has 0 aromatic heterocycles. The number of ether oxygens (including phenoxy) is 1. The molecule has 5 heteroatoms. The first-order chi connectivity index (χ1) is 8.01. The lowest BCUT2D eigenvalue weighted by atomic mass is 10.0. The predicted molar refractivity (Wildman–Crippen MR) is 70.0 cm³/mol. The van der Waals surface area contributed by atoms with E-state index < -0.39 is 5.82 Å². The Morgan fingerprint density at radius 2 is 2.24 bits per heavy atom. The second-order valence-corrected chi connectivity index (χ2v) is 5.44. The quantitative estimate of drug-likeness (QED) is 0.836. The lowest BCUT2D eigenvalue weighted by Gasteiger charge is -2.15. The SMILES string of the molecule is NC(=S)CC1(COc2ccc(Cl)c(F)c2)CC1. The van der Waals surface area contributed by atoms with Gasteiger partial charge in [-0.15, -0.1) is 0 Å². The smallest absolute Gasteiger partial charge is 0.145 e. The van der Waals surface area contributed by atoms with E-state index in [0.717, 1.165) is 12.8 Å². The van der Waals surface area contributed by atoms with Crippen molar-refractivity contribution in [2.45, 2.75) is 19.3 Å². The molecule has 0 saturated heterocycles. The van der Waals surface area contributed by atoms with Crippen molar-refractivity contribution < 1.29 is 9.13 Å². The summed E-state index contributed by atoms with van der Waals surface area (Å²) in [5.74, 6) is 0.0180. The minimum atomic E-state index is -0.469. The average molecular weight is 274 g/mol. The van der Waals surface area contributed by atoms with E-state index in [1.54, 1.807) is 6.07 Å². The molecule has 0 atom stereocenters. The van der Waals surface area contributed by atoms with Crippen molar-refractivity contribution in [2.75, 3.05) is 6.61 Å². The Morgan fingerprint density at radius 3 is 2.76 bits per heavy atom. The van der Waals surface area contributed by atoms with Crippen LogP contribution in [-0.2, 0) is 0 Å². The normalized spacial score (nSPS) is 16.6. The molecule has 0 spiro atoms. The van der Waals surface area contributed by atoms with Crippen LogP contribution in [0.15, 0.2) is 18.2 Å². The van der Waals surface area contributed by atoms with E-state index in [2.05, 4.69) is 0 Å². The predicted octanol–water partition coefficient (Wildman–Crippen LogP) is 3.31. The van der Waals surface area contributed by atoms with Gasteiger partial charge in [0.15, 0.2) is 0 Å². The molecular formula is C12H13ClFNOS. The van der Waals surface area contributed by atoms with Crippen LogP contribution in [-0.4, -0.2) is 11.6 Å². The van der Waals surface area contributed by atoms with Crippen LogP contribution in [0.5, 0.6) is 5.75 Å². The minimum Gasteiger partial charge on any atom is -0.493 e. The van der Waals surface area contributed by atoms with Gasteiger partial charge < -0.3 is 10.5 Å². The number of benzene rings is 1. The molecule has 1 aliphatic rings. The van der Waals surface area contributed by atoms with Crippen LogP contribution in [0.25, 0.3) is 0 Å². The Morgan fingerprint density at radius 1 is 1.53 bits per heavy atom. The summed E-state index contributed by atoms with van der Waals surface area (Å²) in [5.41, 5.74) is 5.60. The van der Waals surface area contributed by atoms with E-state index >= 15 is 0 Å². The molecule has 2 N–H and O–H groups in total. The second kappa shape index (κ2) is 4.78. The molecule has 1 aromatic carbocycles. The summed E-state index contributed by atoms with van der Waals surface area (Å²) in [4.78, 5) is 0.508. The van der Waals surface area contributed by atoms with Crippen LogP contribution >= 0.6 is 23.8 Å². The van der Waals surface area contributed by atoms with E-state index in [1.165, 1.54) is 12.1 Å². The van der Waals surface area contributed by atoms with Crippen molar-refractivity contribution in [3.63, 3.8) is 0 Å². The van der Waals surface area contributed by atoms with Gasteiger partial charge in [-0.05, 0) is 25.0 Å². The Bertz CT molecular complexity index is 448.